The predicted molar refractivity (Wildman–Crippen MR) is 175 cm³/mol. The van der Waals surface area contributed by atoms with Crippen molar-refractivity contribution in [3.8, 4) is 0 Å². The molecule has 0 aliphatic rings. The van der Waals surface area contributed by atoms with Crippen molar-refractivity contribution < 1.29 is 19.1 Å². The minimum absolute atomic E-state index is 0.180. The summed E-state index contributed by atoms with van der Waals surface area (Å²) in [6, 6.07) is 36.7. The second-order valence-electron chi connectivity index (χ2n) is 10.8. The average molecular weight is 581 g/mol. The van der Waals surface area contributed by atoms with Crippen LogP contribution in [0.1, 0.15) is 45.7 Å². The zero-order valence-corrected chi connectivity index (χ0v) is 24.7. The lowest BCUT2D eigenvalue weighted by molar-refractivity contribution is 0.0483. The first-order valence-corrected chi connectivity index (χ1v) is 15.0. The third-order valence-electron chi connectivity index (χ3n) is 8.24. The van der Waals surface area contributed by atoms with Crippen molar-refractivity contribution in [2.24, 2.45) is 0 Å². The summed E-state index contributed by atoms with van der Waals surface area (Å²) in [5.74, 6) is -1.07. The predicted octanol–water partition coefficient (Wildman–Crippen LogP) is 8.35. The van der Waals surface area contributed by atoms with Crippen molar-refractivity contribution in [2.45, 2.75) is 26.9 Å². The molecule has 0 N–H and O–H groups in total. The lowest BCUT2D eigenvalue weighted by atomic mass is 9.95. The van der Waals surface area contributed by atoms with Gasteiger partial charge in [-0.05, 0) is 37.1 Å². The number of ether oxygens (including phenoxy) is 2. The molecule has 0 saturated carbocycles. The van der Waals surface area contributed by atoms with Crippen LogP contribution in [0.2, 0.25) is 0 Å². The topological polar surface area (TPSA) is 62.5 Å². The van der Waals surface area contributed by atoms with E-state index in [0.29, 0.717) is 23.9 Å². The third-order valence-corrected chi connectivity index (χ3v) is 8.24. The molecule has 0 amide bonds. The Labute approximate surface area is 255 Å². The van der Waals surface area contributed by atoms with Gasteiger partial charge in [0.1, 0.15) is 0 Å². The molecule has 0 unspecified atom stereocenters. The van der Waals surface area contributed by atoms with Crippen molar-refractivity contribution in [1.82, 2.24) is 9.13 Å². The number of hydrogen-bond donors (Lipinski definition) is 0. The van der Waals surface area contributed by atoms with Crippen LogP contribution in [0.5, 0.6) is 0 Å². The standard InChI is InChI=1S/C38H32N2O4/c1-3-43-37(41)33-31-27-19-11-13-21-29(27)39(23-25-15-7-5-8-16-25)35(31)36-32(34(33)38(42)44-4-2)28-20-12-14-22-30(28)40(36)24-26-17-9-6-10-18-26/h5-22H,3-4,23-24H2,1-2H3. The highest BCUT2D eigenvalue weighted by molar-refractivity contribution is 6.33. The highest BCUT2D eigenvalue weighted by atomic mass is 16.5. The summed E-state index contributed by atoms with van der Waals surface area (Å²) in [4.78, 5) is 28.1. The first-order valence-electron chi connectivity index (χ1n) is 15.0. The molecule has 2 heterocycles. The SMILES string of the molecule is CCOC(=O)c1c(C(=O)OCC)c2c3ccccc3n(Cc3ccccc3)c2c2c1c1ccccc1n2Cc1ccccc1. The highest BCUT2D eigenvalue weighted by Gasteiger charge is 2.33. The van der Waals surface area contributed by atoms with Gasteiger partial charge in [-0.15, -0.1) is 0 Å². The minimum Gasteiger partial charge on any atom is -0.462 e. The van der Waals surface area contributed by atoms with E-state index in [9.17, 15) is 9.59 Å². The van der Waals surface area contributed by atoms with Gasteiger partial charge in [0.05, 0.1) is 35.4 Å². The molecular weight excluding hydrogens is 548 g/mol. The molecule has 0 fully saturated rings. The normalized spacial score (nSPS) is 11.5. The van der Waals surface area contributed by atoms with Gasteiger partial charge in [-0.3, -0.25) is 0 Å². The van der Waals surface area contributed by atoms with Crippen molar-refractivity contribution in [2.75, 3.05) is 13.2 Å². The molecule has 6 nitrogen and oxygen atoms in total. The van der Waals surface area contributed by atoms with Gasteiger partial charge in [0.25, 0.3) is 0 Å². The fourth-order valence-electron chi connectivity index (χ4n) is 6.53. The fourth-order valence-corrected chi connectivity index (χ4v) is 6.53. The molecule has 0 aliphatic heterocycles. The number of nitrogens with zero attached hydrogens (tertiary/aromatic N) is 2. The largest absolute Gasteiger partial charge is 0.462 e. The van der Waals surface area contributed by atoms with E-state index in [-0.39, 0.29) is 24.3 Å². The van der Waals surface area contributed by atoms with E-state index in [1.807, 2.05) is 72.8 Å². The molecule has 0 atom stereocenters. The van der Waals surface area contributed by atoms with Gasteiger partial charge in [-0.2, -0.15) is 0 Å². The Kier molecular flexibility index (Phi) is 7.10. The van der Waals surface area contributed by atoms with Gasteiger partial charge in [0.2, 0.25) is 0 Å². The molecule has 0 radical (unpaired) electrons. The molecule has 0 aliphatic carbocycles. The Morgan fingerprint density at radius 2 is 0.886 bits per heavy atom. The quantitative estimate of drug-likeness (QED) is 0.170. The Bertz CT molecular complexity index is 2020. The third kappa shape index (κ3) is 4.42. The summed E-state index contributed by atoms with van der Waals surface area (Å²) >= 11 is 0. The first-order chi connectivity index (χ1) is 21.6. The van der Waals surface area contributed by atoms with Crippen LogP contribution in [0.4, 0.5) is 0 Å². The summed E-state index contributed by atoms with van der Waals surface area (Å²) in [7, 11) is 0. The van der Waals surface area contributed by atoms with Crippen LogP contribution in [0, 0.1) is 0 Å². The van der Waals surface area contributed by atoms with Gasteiger partial charge in [-0.1, -0.05) is 97.1 Å². The van der Waals surface area contributed by atoms with Crippen LogP contribution in [0.3, 0.4) is 0 Å². The first kappa shape index (κ1) is 27.5. The van der Waals surface area contributed by atoms with E-state index in [1.165, 1.54) is 0 Å². The molecule has 44 heavy (non-hydrogen) atoms. The van der Waals surface area contributed by atoms with Gasteiger partial charge in [-0.25, -0.2) is 9.59 Å². The maximum Gasteiger partial charge on any atom is 0.339 e. The Morgan fingerprint density at radius 3 is 1.27 bits per heavy atom. The number of aromatic nitrogens is 2. The van der Waals surface area contributed by atoms with Crippen LogP contribution in [0.15, 0.2) is 109 Å². The van der Waals surface area contributed by atoms with Gasteiger partial charge in [0.15, 0.2) is 0 Å². The van der Waals surface area contributed by atoms with E-state index >= 15 is 0 Å². The molecule has 7 aromatic rings. The number of fused-ring (bicyclic) bond motifs is 7. The van der Waals surface area contributed by atoms with Gasteiger partial charge >= 0.3 is 11.9 Å². The number of hydrogen-bond acceptors (Lipinski definition) is 4. The minimum atomic E-state index is -0.537. The smallest absolute Gasteiger partial charge is 0.339 e. The lowest BCUT2D eigenvalue weighted by Gasteiger charge is -2.16. The Balaban J connectivity index is 1.75. The van der Waals surface area contributed by atoms with Crippen LogP contribution < -0.4 is 0 Å². The fraction of sp³-hybridized carbons (Fsp3) is 0.158. The summed E-state index contributed by atoms with van der Waals surface area (Å²) in [5.41, 5.74) is 6.45. The monoisotopic (exact) mass is 580 g/mol. The van der Waals surface area contributed by atoms with Crippen LogP contribution >= 0.6 is 0 Å². The number of carbonyl (C=O) groups excluding carboxylic acids is 2. The van der Waals surface area contributed by atoms with Crippen molar-refractivity contribution in [3.05, 3.63) is 131 Å². The van der Waals surface area contributed by atoms with Gasteiger partial charge < -0.3 is 18.6 Å². The van der Waals surface area contributed by atoms with E-state index < -0.39 is 11.9 Å². The van der Waals surface area contributed by atoms with Crippen molar-refractivity contribution in [1.29, 1.82) is 0 Å². The molecule has 2 aromatic heterocycles. The maximum absolute atomic E-state index is 14.0. The van der Waals surface area contributed by atoms with E-state index in [0.717, 1.165) is 44.0 Å². The summed E-state index contributed by atoms with van der Waals surface area (Å²) in [5, 5.41) is 3.15. The van der Waals surface area contributed by atoms with Crippen LogP contribution in [-0.4, -0.2) is 34.3 Å². The second-order valence-corrected chi connectivity index (χ2v) is 10.8. The van der Waals surface area contributed by atoms with Gasteiger partial charge in [0, 0.05) is 45.7 Å². The molecule has 218 valence electrons. The average Bonchev–Trinajstić information content (AvgIpc) is 3.54. The number of carbonyl (C=O) groups is 2. The molecule has 6 heteroatoms. The Morgan fingerprint density at radius 1 is 0.523 bits per heavy atom. The molecule has 5 aromatic carbocycles. The molecule has 7 rings (SSSR count). The zero-order chi connectivity index (χ0) is 30.2. The molecule has 0 saturated heterocycles. The number of esters is 2. The van der Waals surface area contributed by atoms with E-state index in [1.54, 1.807) is 13.8 Å². The lowest BCUT2D eigenvalue weighted by Crippen LogP contribution is -2.16. The summed E-state index contributed by atoms with van der Waals surface area (Å²) in [6.07, 6.45) is 0. The molecular formula is C38H32N2O4. The van der Waals surface area contributed by atoms with E-state index in [2.05, 4.69) is 45.5 Å². The summed E-state index contributed by atoms with van der Waals surface area (Å²) in [6.45, 7) is 5.07. The van der Waals surface area contributed by atoms with Crippen molar-refractivity contribution >= 4 is 55.6 Å². The maximum atomic E-state index is 14.0. The molecule has 0 spiro atoms. The molecule has 0 bridgehead atoms. The number of benzene rings is 5. The Hall–Kier alpha value is -5.36. The summed E-state index contributed by atoms with van der Waals surface area (Å²) < 4.78 is 15.9. The number of rotatable bonds is 8. The van der Waals surface area contributed by atoms with Crippen molar-refractivity contribution in [3.63, 3.8) is 0 Å². The highest BCUT2D eigenvalue weighted by Crippen LogP contribution is 2.44. The number of para-hydroxylation sites is 2. The van der Waals surface area contributed by atoms with E-state index in [4.69, 9.17) is 9.47 Å². The zero-order valence-electron chi connectivity index (χ0n) is 24.7. The van der Waals surface area contributed by atoms with Crippen LogP contribution in [-0.2, 0) is 22.6 Å². The second kappa shape index (κ2) is 11.4. The van der Waals surface area contributed by atoms with Crippen LogP contribution in [0.25, 0.3) is 43.6 Å².